The third-order valence-electron chi connectivity index (χ3n) is 3.64. The number of amides is 1. The summed E-state index contributed by atoms with van der Waals surface area (Å²) in [6.45, 7) is 2.15. The smallest absolute Gasteiger partial charge is 0.413 e. The van der Waals surface area contributed by atoms with Gasteiger partial charge in [0.2, 0.25) is 0 Å². The lowest BCUT2D eigenvalue weighted by molar-refractivity contribution is 0.177. The highest BCUT2D eigenvalue weighted by Gasteiger charge is 2.10. The Morgan fingerprint density at radius 1 is 1.23 bits per heavy atom. The van der Waals surface area contributed by atoms with E-state index in [2.05, 4.69) is 34.4 Å². The number of hydrogen-bond donors (Lipinski definition) is 3. The van der Waals surface area contributed by atoms with Crippen molar-refractivity contribution in [1.29, 1.82) is 0 Å². The third kappa shape index (κ3) is 5.93. The highest BCUT2D eigenvalue weighted by Crippen LogP contribution is 2.28. The second-order valence-electron chi connectivity index (χ2n) is 5.61. The number of ether oxygens (including phenoxy) is 1. The molecule has 1 amide bonds. The Morgan fingerprint density at radius 3 is 2.69 bits per heavy atom. The zero-order chi connectivity index (χ0) is 18.9. The molecule has 0 atom stereocenters. The van der Waals surface area contributed by atoms with Gasteiger partial charge in [0.25, 0.3) is 0 Å². The van der Waals surface area contributed by atoms with Crippen LogP contribution in [0.2, 0.25) is 0 Å². The molecule has 0 fully saturated rings. The van der Waals surface area contributed by atoms with Gasteiger partial charge in [0.1, 0.15) is 0 Å². The molecule has 26 heavy (non-hydrogen) atoms. The molecular formula is C19H23N3O2S2. The van der Waals surface area contributed by atoms with Crippen molar-refractivity contribution >= 4 is 46.6 Å². The van der Waals surface area contributed by atoms with Crippen molar-refractivity contribution in [2.45, 2.75) is 24.7 Å². The molecule has 0 radical (unpaired) electrons. The summed E-state index contributed by atoms with van der Waals surface area (Å²) in [5, 5.41) is 5.76. The Bertz CT molecular complexity index is 781. The first kappa shape index (κ1) is 20.1. The van der Waals surface area contributed by atoms with Crippen molar-refractivity contribution in [2.24, 2.45) is 0 Å². The summed E-state index contributed by atoms with van der Waals surface area (Å²) >= 11 is 6.98. The molecule has 138 valence electrons. The van der Waals surface area contributed by atoms with Crippen molar-refractivity contribution in [2.75, 3.05) is 23.9 Å². The zero-order valence-electron chi connectivity index (χ0n) is 14.9. The van der Waals surface area contributed by atoms with Crippen LogP contribution in [0.25, 0.3) is 0 Å². The average molecular weight is 390 g/mol. The molecular weight excluding hydrogens is 366 g/mol. The third-order valence-corrected chi connectivity index (χ3v) is 5.04. The largest absolute Gasteiger partial charge is 0.453 e. The summed E-state index contributed by atoms with van der Waals surface area (Å²) in [5.41, 5.74) is 9.74. The van der Waals surface area contributed by atoms with Gasteiger partial charge in [-0.25, -0.2) is 4.79 Å². The maximum atomic E-state index is 11.4. The SMILES string of the molecule is CCCSc1ccc(Cc2ccccc2N)c(NC(=S)NC(=O)OC)c1. The summed E-state index contributed by atoms with van der Waals surface area (Å²) in [4.78, 5) is 12.5. The number of benzene rings is 2. The van der Waals surface area contributed by atoms with Gasteiger partial charge in [0, 0.05) is 22.7 Å². The molecule has 0 aromatic heterocycles. The Kier molecular flexibility index (Phi) is 7.74. The topological polar surface area (TPSA) is 76.4 Å². The molecule has 0 spiro atoms. The maximum absolute atomic E-state index is 11.4. The molecule has 4 N–H and O–H groups in total. The second-order valence-corrected chi connectivity index (χ2v) is 7.19. The van der Waals surface area contributed by atoms with Crippen molar-refractivity contribution in [3.63, 3.8) is 0 Å². The number of alkyl carbamates (subject to hydrolysis) is 1. The van der Waals surface area contributed by atoms with E-state index in [0.717, 1.165) is 39.6 Å². The molecule has 2 aromatic carbocycles. The Hall–Kier alpha value is -2.25. The Morgan fingerprint density at radius 2 is 2.00 bits per heavy atom. The first-order valence-electron chi connectivity index (χ1n) is 8.28. The van der Waals surface area contributed by atoms with Crippen LogP contribution in [-0.2, 0) is 11.2 Å². The van der Waals surface area contributed by atoms with E-state index in [1.165, 1.54) is 7.11 Å². The van der Waals surface area contributed by atoms with E-state index in [1.54, 1.807) is 11.8 Å². The van der Waals surface area contributed by atoms with Crippen molar-refractivity contribution in [3.8, 4) is 0 Å². The number of carbonyl (C=O) groups excluding carboxylic acids is 1. The summed E-state index contributed by atoms with van der Waals surface area (Å²) in [5.74, 6) is 1.04. The molecule has 0 saturated carbocycles. The minimum atomic E-state index is -0.604. The number of thioether (sulfide) groups is 1. The molecule has 0 heterocycles. The van der Waals surface area contributed by atoms with Gasteiger partial charge < -0.3 is 15.8 Å². The van der Waals surface area contributed by atoms with Crippen molar-refractivity contribution < 1.29 is 9.53 Å². The second kappa shape index (κ2) is 10.0. The van der Waals surface area contributed by atoms with Crippen LogP contribution in [0.15, 0.2) is 47.4 Å². The van der Waals surface area contributed by atoms with Gasteiger partial charge in [-0.2, -0.15) is 0 Å². The van der Waals surface area contributed by atoms with Crippen LogP contribution in [0.4, 0.5) is 16.2 Å². The van der Waals surface area contributed by atoms with Gasteiger partial charge >= 0.3 is 6.09 Å². The highest BCUT2D eigenvalue weighted by molar-refractivity contribution is 7.99. The highest BCUT2D eigenvalue weighted by atomic mass is 32.2. The van der Waals surface area contributed by atoms with E-state index in [9.17, 15) is 4.79 Å². The van der Waals surface area contributed by atoms with Crippen LogP contribution < -0.4 is 16.4 Å². The van der Waals surface area contributed by atoms with Gasteiger partial charge in [-0.05, 0) is 53.7 Å². The number of nitrogen functional groups attached to an aromatic ring is 1. The predicted octanol–water partition coefficient (Wildman–Crippen LogP) is 4.41. The number of nitrogens with two attached hydrogens (primary N) is 1. The van der Waals surface area contributed by atoms with Gasteiger partial charge in [0.05, 0.1) is 7.11 Å². The molecule has 0 unspecified atom stereocenters. The van der Waals surface area contributed by atoms with Crippen LogP contribution >= 0.6 is 24.0 Å². The Balaban J connectivity index is 2.26. The molecule has 0 saturated heterocycles. The summed E-state index contributed by atoms with van der Waals surface area (Å²) in [6.07, 6.45) is 1.15. The van der Waals surface area contributed by atoms with E-state index in [0.29, 0.717) is 6.42 Å². The quantitative estimate of drug-likeness (QED) is 0.386. The number of carbonyl (C=O) groups is 1. The number of methoxy groups -OCH3 is 1. The van der Waals surface area contributed by atoms with Gasteiger partial charge in [0.15, 0.2) is 5.11 Å². The normalized spacial score (nSPS) is 10.2. The van der Waals surface area contributed by atoms with Crippen LogP contribution in [0.5, 0.6) is 0 Å². The molecule has 0 aliphatic rings. The molecule has 5 nitrogen and oxygen atoms in total. The number of nitrogens with one attached hydrogen (secondary N) is 2. The number of para-hydroxylation sites is 1. The van der Waals surface area contributed by atoms with Crippen LogP contribution in [0, 0.1) is 0 Å². The summed E-state index contributed by atoms with van der Waals surface area (Å²) in [6, 6.07) is 14.0. The van der Waals surface area contributed by atoms with Gasteiger partial charge in [-0.1, -0.05) is 31.2 Å². The molecule has 7 heteroatoms. The number of anilines is 2. The number of hydrogen-bond acceptors (Lipinski definition) is 5. The van der Waals surface area contributed by atoms with Crippen LogP contribution in [0.3, 0.4) is 0 Å². The fourth-order valence-corrected chi connectivity index (χ4v) is 3.33. The van der Waals surface area contributed by atoms with Gasteiger partial charge in [-0.15, -0.1) is 11.8 Å². The monoisotopic (exact) mass is 389 g/mol. The minimum absolute atomic E-state index is 0.191. The summed E-state index contributed by atoms with van der Waals surface area (Å²) in [7, 11) is 1.30. The fourth-order valence-electron chi connectivity index (χ4n) is 2.33. The minimum Gasteiger partial charge on any atom is -0.453 e. The number of rotatable bonds is 6. The van der Waals surface area contributed by atoms with Crippen molar-refractivity contribution in [3.05, 3.63) is 53.6 Å². The van der Waals surface area contributed by atoms with Crippen LogP contribution in [-0.4, -0.2) is 24.1 Å². The van der Waals surface area contributed by atoms with E-state index < -0.39 is 6.09 Å². The maximum Gasteiger partial charge on any atom is 0.413 e. The fraction of sp³-hybridized carbons (Fsp3) is 0.263. The molecule has 2 rings (SSSR count). The first-order valence-corrected chi connectivity index (χ1v) is 9.68. The van der Waals surface area contributed by atoms with E-state index in [1.807, 2.05) is 30.3 Å². The van der Waals surface area contributed by atoms with E-state index in [4.69, 9.17) is 18.0 Å². The van der Waals surface area contributed by atoms with Gasteiger partial charge in [-0.3, -0.25) is 5.32 Å². The van der Waals surface area contributed by atoms with E-state index in [-0.39, 0.29) is 5.11 Å². The van der Waals surface area contributed by atoms with E-state index >= 15 is 0 Å². The Labute approximate surface area is 163 Å². The standard InChI is InChI=1S/C19H23N3O2S2/c1-3-10-26-15-9-8-14(11-13-6-4-5-7-16(13)20)17(12-15)21-18(25)22-19(23)24-2/h4-9,12H,3,10-11,20H2,1-2H3,(H2,21,22,23,25). The van der Waals surface area contributed by atoms with Crippen LogP contribution in [0.1, 0.15) is 24.5 Å². The van der Waals surface area contributed by atoms with Crippen molar-refractivity contribution in [1.82, 2.24) is 5.32 Å². The average Bonchev–Trinajstić information content (AvgIpc) is 2.63. The molecule has 0 aliphatic heterocycles. The first-order chi connectivity index (χ1) is 12.5. The molecule has 0 aliphatic carbocycles. The predicted molar refractivity (Wildman–Crippen MR) is 113 cm³/mol. The zero-order valence-corrected chi connectivity index (χ0v) is 16.5. The summed E-state index contributed by atoms with van der Waals surface area (Å²) < 4.78 is 4.58. The molecule has 2 aromatic rings. The number of thiocarbonyl (C=S) groups is 1. The molecule has 0 bridgehead atoms. The lowest BCUT2D eigenvalue weighted by Crippen LogP contribution is -2.34. The lowest BCUT2D eigenvalue weighted by Gasteiger charge is -2.15. The lowest BCUT2D eigenvalue weighted by atomic mass is 10.0.